The number of sulfone groups is 1. The van der Waals surface area contributed by atoms with Gasteiger partial charge >= 0.3 is 18.4 Å². The van der Waals surface area contributed by atoms with Gasteiger partial charge in [0, 0.05) is 24.1 Å². The fourth-order valence-corrected chi connectivity index (χ4v) is 6.14. The minimum atomic E-state index is -4.92. The molecule has 2 aromatic carbocycles. The highest BCUT2D eigenvalue weighted by Gasteiger charge is 2.51. The molecule has 0 bridgehead atoms. The van der Waals surface area contributed by atoms with E-state index in [9.17, 15) is 44.3 Å². The van der Waals surface area contributed by atoms with Crippen molar-refractivity contribution in [3.8, 4) is 17.2 Å². The lowest BCUT2D eigenvalue weighted by Gasteiger charge is -2.26. The average Bonchev–Trinajstić information content (AvgIpc) is 3.31. The van der Waals surface area contributed by atoms with E-state index >= 15 is 0 Å². The summed E-state index contributed by atoms with van der Waals surface area (Å²) < 4.78 is 107. The molecule has 16 heteroatoms. The summed E-state index contributed by atoms with van der Waals surface area (Å²) in [7, 11) is -4.16. The summed E-state index contributed by atoms with van der Waals surface area (Å²) in [5.41, 5.74) is -3.67. The van der Waals surface area contributed by atoms with Gasteiger partial charge in [-0.25, -0.2) is 18.1 Å². The molecule has 1 aliphatic heterocycles. The van der Waals surface area contributed by atoms with Gasteiger partial charge in [-0.05, 0) is 63.6 Å². The standard InChI is InChI=1S/C30H27F6N5O4S/c1-17-25(19-9-11-24(46(5,44)45)23(14-19)30(34,35)36)18(2)40(38-17)13-7-6-12-39-27(43)41(26(42)28(39,3)4)21-10-8-20(16-37)22(15-21)29(31,32)33/h6-11,14-15H,12-13H2,1-5H3. The van der Waals surface area contributed by atoms with Crippen LogP contribution in [0.2, 0.25) is 0 Å². The summed E-state index contributed by atoms with van der Waals surface area (Å²) in [6.07, 6.45) is -5.99. The molecule has 244 valence electrons. The molecule has 46 heavy (non-hydrogen) atoms. The van der Waals surface area contributed by atoms with Crippen LogP contribution in [0, 0.1) is 25.2 Å². The van der Waals surface area contributed by atoms with Crippen LogP contribution in [0.5, 0.6) is 0 Å². The van der Waals surface area contributed by atoms with E-state index < -0.39 is 61.3 Å². The number of benzene rings is 2. The van der Waals surface area contributed by atoms with Crippen molar-refractivity contribution in [3.05, 3.63) is 76.6 Å². The maximum atomic E-state index is 13.7. The monoisotopic (exact) mass is 667 g/mol. The third-order valence-corrected chi connectivity index (χ3v) is 8.75. The molecule has 1 aliphatic rings. The Labute approximate surface area is 260 Å². The molecule has 9 nitrogen and oxygen atoms in total. The highest BCUT2D eigenvalue weighted by Crippen LogP contribution is 2.39. The highest BCUT2D eigenvalue weighted by atomic mass is 32.2. The fraction of sp³-hybridized carbons (Fsp3) is 0.333. The van der Waals surface area contributed by atoms with E-state index in [0.717, 1.165) is 29.2 Å². The molecule has 3 amide bonds. The lowest BCUT2D eigenvalue weighted by molar-refractivity contribution is -0.140. The molecule has 2 heterocycles. The number of hydrogen-bond acceptors (Lipinski definition) is 6. The number of carbonyl (C=O) groups is 2. The van der Waals surface area contributed by atoms with Crippen molar-refractivity contribution in [3.63, 3.8) is 0 Å². The van der Waals surface area contributed by atoms with Gasteiger partial charge in [-0.3, -0.25) is 9.48 Å². The summed E-state index contributed by atoms with van der Waals surface area (Å²) in [6.45, 7) is 6.06. The van der Waals surface area contributed by atoms with Crippen molar-refractivity contribution in [2.24, 2.45) is 0 Å². The first-order chi connectivity index (χ1) is 21.1. The van der Waals surface area contributed by atoms with Crippen molar-refractivity contribution < 1.29 is 44.3 Å². The largest absolute Gasteiger partial charge is 0.417 e. The quantitative estimate of drug-likeness (QED) is 0.166. The molecule has 1 fully saturated rings. The van der Waals surface area contributed by atoms with Crippen LogP contribution in [0.3, 0.4) is 0 Å². The van der Waals surface area contributed by atoms with Crippen LogP contribution in [0.4, 0.5) is 36.8 Å². The number of carbonyl (C=O) groups excluding carboxylic acids is 2. The predicted molar refractivity (Wildman–Crippen MR) is 154 cm³/mol. The topological polar surface area (TPSA) is 116 Å². The predicted octanol–water partition coefficient (Wildman–Crippen LogP) is 6.28. The van der Waals surface area contributed by atoms with Crippen molar-refractivity contribution >= 4 is 27.5 Å². The minimum Gasteiger partial charge on any atom is -0.306 e. The Balaban J connectivity index is 1.57. The van der Waals surface area contributed by atoms with Gasteiger partial charge in [0.1, 0.15) is 5.54 Å². The Kier molecular flexibility index (Phi) is 8.64. The molecule has 0 N–H and O–H groups in total. The van der Waals surface area contributed by atoms with E-state index in [1.165, 1.54) is 36.7 Å². The van der Waals surface area contributed by atoms with Crippen LogP contribution in [0.1, 0.15) is 41.9 Å². The smallest absolute Gasteiger partial charge is 0.306 e. The van der Waals surface area contributed by atoms with Gasteiger partial charge in [0.2, 0.25) is 0 Å². The second-order valence-electron chi connectivity index (χ2n) is 11.1. The van der Waals surface area contributed by atoms with E-state index in [-0.39, 0.29) is 24.3 Å². The number of amides is 3. The van der Waals surface area contributed by atoms with Crippen LogP contribution in [-0.4, -0.2) is 53.4 Å². The zero-order valence-electron chi connectivity index (χ0n) is 25.1. The van der Waals surface area contributed by atoms with Gasteiger partial charge in [-0.15, -0.1) is 0 Å². The van der Waals surface area contributed by atoms with Gasteiger partial charge in [-0.1, -0.05) is 18.2 Å². The number of nitriles is 1. The van der Waals surface area contributed by atoms with Gasteiger partial charge in [-0.2, -0.15) is 36.7 Å². The Hall–Kier alpha value is -4.65. The van der Waals surface area contributed by atoms with Crippen LogP contribution in [0.15, 0.2) is 53.4 Å². The first kappa shape index (κ1) is 34.2. The molecule has 1 saturated heterocycles. The number of aryl methyl sites for hydroxylation is 1. The second kappa shape index (κ2) is 11.6. The third-order valence-electron chi connectivity index (χ3n) is 7.60. The van der Waals surface area contributed by atoms with E-state index in [4.69, 9.17) is 5.26 Å². The van der Waals surface area contributed by atoms with Crippen LogP contribution in [-0.2, 0) is 33.5 Å². The van der Waals surface area contributed by atoms with Gasteiger partial charge < -0.3 is 4.90 Å². The number of alkyl halides is 6. The molecule has 0 spiro atoms. The first-order valence-corrected chi connectivity index (χ1v) is 15.4. The van der Waals surface area contributed by atoms with Crippen molar-refractivity contribution in [1.29, 1.82) is 5.26 Å². The van der Waals surface area contributed by atoms with Crippen molar-refractivity contribution in [2.45, 2.75) is 57.0 Å². The zero-order valence-corrected chi connectivity index (χ0v) is 25.9. The summed E-state index contributed by atoms with van der Waals surface area (Å²) in [6, 6.07) is 6.08. The molecular weight excluding hydrogens is 640 g/mol. The summed E-state index contributed by atoms with van der Waals surface area (Å²) >= 11 is 0. The van der Waals surface area contributed by atoms with Crippen LogP contribution < -0.4 is 4.90 Å². The summed E-state index contributed by atoms with van der Waals surface area (Å²) in [5, 5.41) is 13.4. The molecular formula is C30H27F6N5O4S. The lowest BCUT2D eigenvalue weighted by atomic mass is 10.0. The number of nitrogens with zero attached hydrogens (tertiary/aromatic N) is 5. The average molecular weight is 668 g/mol. The van der Waals surface area contributed by atoms with E-state index in [1.807, 2.05) is 0 Å². The van der Waals surface area contributed by atoms with Gasteiger partial charge in [0.15, 0.2) is 9.84 Å². The molecule has 0 atom stereocenters. The Morgan fingerprint density at radius 3 is 2.11 bits per heavy atom. The maximum absolute atomic E-state index is 13.7. The van der Waals surface area contributed by atoms with Gasteiger partial charge in [0.25, 0.3) is 5.91 Å². The normalized spacial score (nSPS) is 15.7. The Bertz CT molecular complexity index is 1920. The fourth-order valence-electron chi connectivity index (χ4n) is 5.25. The molecule has 0 radical (unpaired) electrons. The molecule has 0 saturated carbocycles. The van der Waals surface area contributed by atoms with Crippen molar-refractivity contribution in [1.82, 2.24) is 14.7 Å². The number of allylic oxidation sites excluding steroid dienone is 1. The van der Waals surface area contributed by atoms with E-state index in [0.29, 0.717) is 34.2 Å². The van der Waals surface area contributed by atoms with Crippen molar-refractivity contribution in [2.75, 3.05) is 17.7 Å². The van der Waals surface area contributed by atoms with Gasteiger partial charge in [0.05, 0.1) is 45.6 Å². The first-order valence-electron chi connectivity index (χ1n) is 13.5. The minimum absolute atomic E-state index is 0.102. The van der Waals surface area contributed by atoms with E-state index in [2.05, 4.69) is 5.10 Å². The number of hydrogen-bond donors (Lipinski definition) is 0. The Morgan fingerprint density at radius 1 is 0.935 bits per heavy atom. The highest BCUT2D eigenvalue weighted by molar-refractivity contribution is 7.90. The van der Waals surface area contributed by atoms with Crippen LogP contribution >= 0.6 is 0 Å². The summed E-state index contributed by atoms with van der Waals surface area (Å²) in [4.78, 5) is 27.4. The molecule has 3 aromatic rings. The lowest BCUT2D eigenvalue weighted by Crippen LogP contribution is -2.44. The third kappa shape index (κ3) is 6.23. The number of imide groups is 1. The molecule has 4 rings (SSSR count). The van der Waals surface area contributed by atoms with E-state index in [1.54, 1.807) is 19.9 Å². The second-order valence-corrected chi connectivity index (χ2v) is 13.1. The van der Waals surface area contributed by atoms with Crippen LogP contribution in [0.25, 0.3) is 11.1 Å². The molecule has 1 aromatic heterocycles. The Morgan fingerprint density at radius 2 is 1.54 bits per heavy atom. The molecule has 0 unspecified atom stereocenters. The number of halogens is 6. The zero-order chi connectivity index (χ0) is 34.6. The number of anilines is 1. The number of urea groups is 1. The summed E-state index contributed by atoms with van der Waals surface area (Å²) in [5.74, 6) is -0.771. The maximum Gasteiger partial charge on any atom is 0.417 e. The number of rotatable bonds is 7. The molecule has 0 aliphatic carbocycles. The number of aromatic nitrogens is 2. The SMILES string of the molecule is Cc1nn(CC=CCN2C(=O)N(c3ccc(C#N)c(C(F)(F)F)c3)C(=O)C2(C)C)c(C)c1-c1ccc(S(C)(=O)=O)c(C(F)(F)F)c1.